The fraction of sp³-hybridized carbons (Fsp3) is 0. The van der Waals surface area contributed by atoms with Crippen molar-refractivity contribution in [3.8, 4) is 0 Å². The zero-order chi connectivity index (χ0) is 15.6. The van der Waals surface area contributed by atoms with Crippen molar-refractivity contribution in [2.75, 3.05) is 4.72 Å². The first-order chi connectivity index (χ1) is 9.83. The average Bonchev–Trinajstić information content (AvgIpc) is 2.40. The van der Waals surface area contributed by atoms with Gasteiger partial charge in [0.2, 0.25) is 5.82 Å². The molecule has 1 heterocycles. The molecular weight excluding hydrogens is 308 g/mol. The van der Waals surface area contributed by atoms with Crippen molar-refractivity contribution in [1.29, 1.82) is 0 Å². The molecule has 1 aromatic carbocycles. The first kappa shape index (κ1) is 14.8. The molecule has 2 aromatic rings. The first-order valence-electron chi connectivity index (χ1n) is 5.38. The summed E-state index contributed by atoms with van der Waals surface area (Å²) < 4.78 is 52.7. The second-order valence-electron chi connectivity index (χ2n) is 3.80. The normalized spacial score (nSPS) is 11.1. The van der Waals surface area contributed by atoms with E-state index in [1.807, 2.05) is 4.72 Å². The van der Waals surface area contributed by atoms with E-state index in [-0.39, 0.29) is 0 Å². The summed E-state index contributed by atoms with van der Waals surface area (Å²) in [4.78, 5) is 12.2. The molecule has 0 amide bonds. The number of nitrogens with zero attached hydrogens (tertiary/aromatic N) is 2. The van der Waals surface area contributed by atoms with Crippen LogP contribution >= 0.6 is 0 Å². The summed E-state index contributed by atoms with van der Waals surface area (Å²) in [5.74, 6) is -2.28. The molecule has 0 aliphatic rings. The molecule has 10 heteroatoms. The number of para-hydroxylation sites is 1. The molecule has 1 N–H and O–H groups in total. The molecule has 0 radical (unpaired) electrons. The van der Waals surface area contributed by atoms with Crippen molar-refractivity contribution in [2.24, 2.45) is 0 Å². The van der Waals surface area contributed by atoms with E-state index >= 15 is 0 Å². The standard InChI is InChI=1S/C11H7F2N3O4S/c12-7-2-1-3-10(11(7)16(17)18)21(19,20)15-9-4-5-14-6-8(9)13/h1-6H,(H,14,15). The molecule has 0 aliphatic carbocycles. The maximum Gasteiger partial charge on any atom is 0.325 e. The Morgan fingerprint density at radius 3 is 2.52 bits per heavy atom. The number of hydrogen-bond acceptors (Lipinski definition) is 5. The molecule has 0 unspecified atom stereocenters. The Kier molecular flexibility index (Phi) is 3.80. The Bertz CT molecular complexity index is 811. The number of nitrogens with one attached hydrogen (secondary N) is 1. The van der Waals surface area contributed by atoms with Gasteiger partial charge in [-0.3, -0.25) is 19.8 Å². The summed E-state index contributed by atoms with van der Waals surface area (Å²) in [5.41, 5.74) is -1.66. The monoisotopic (exact) mass is 315 g/mol. The molecule has 7 nitrogen and oxygen atoms in total. The van der Waals surface area contributed by atoms with Gasteiger partial charge in [0.05, 0.1) is 16.8 Å². The SMILES string of the molecule is O=[N+]([O-])c1c(F)cccc1S(=O)(=O)Nc1ccncc1F. The number of anilines is 1. The lowest BCUT2D eigenvalue weighted by molar-refractivity contribution is -0.390. The minimum absolute atomic E-state index is 0.455. The smallest absolute Gasteiger partial charge is 0.276 e. The summed E-state index contributed by atoms with van der Waals surface area (Å²) in [5, 5.41) is 10.8. The second kappa shape index (κ2) is 5.40. The molecule has 0 saturated carbocycles. The van der Waals surface area contributed by atoms with Gasteiger partial charge in [0.25, 0.3) is 10.0 Å². The molecular formula is C11H7F2N3O4S. The average molecular weight is 315 g/mol. The Labute approximate surface area is 117 Å². The van der Waals surface area contributed by atoms with Crippen molar-refractivity contribution >= 4 is 21.4 Å². The summed E-state index contributed by atoms with van der Waals surface area (Å²) in [6.45, 7) is 0. The number of aromatic nitrogens is 1. The van der Waals surface area contributed by atoms with Crippen molar-refractivity contribution < 1.29 is 22.1 Å². The third-order valence-corrected chi connectivity index (χ3v) is 3.84. The van der Waals surface area contributed by atoms with Gasteiger partial charge in [-0.15, -0.1) is 0 Å². The van der Waals surface area contributed by atoms with Crippen LogP contribution in [0.5, 0.6) is 0 Å². The largest absolute Gasteiger partial charge is 0.325 e. The van der Waals surface area contributed by atoms with Crippen LogP contribution in [0.2, 0.25) is 0 Å². The maximum atomic E-state index is 13.4. The first-order valence-corrected chi connectivity index (χ1v) is 6.86. The molecule has 0 saturated heterocycles. The minimum atomic E-state index is -4.53. The van der Waals surface area contributed by atoms with Gasteiger partial charge in [-0.2, -0.15) is 4.39 Å². The van der Waals surface area contributed by atoms with Gasteiger partial charge in [-0.25, -0.2) is 12.8 Å². The number of benzene rings is 1. The highest BCUT2D eigenvalue weighted by molar-refractivity contribution is 7.92. The number of halogens is 2. The van der Waals surface area contributed by atoms with Crippen LogP contribution in [0.25, 0.3) is 0 Å². The molecule has 0 fully saturated rings. The Balaban J connectivity index is 2.53. The molecule has 0 atom stereocenters. The summed E-state index contributed by atoms with van der Waals surface area (Å²) in [6.07, 6.45) is 1.89. The number of hydrogen-bond donors (Lipinski definition) is 1. The van der Waals surface area contributed by atoms with E-state index < -0.39 is 42.9 Å². The molecule has 2 rings (SSSR count). The van der Waals surface area contributed by atoms with Gasteiger partial charge in [-0.1, -0.05) is 6.07 Å². The lowest BCUT2D eigenvalue weighted by Crippen LogP contribution is -2.16. The van der Waals surface area contributed by atoms with E-state index in [9.17, 15) is 27.3 Å². The van der Waals surface area contributed by atoms with Crippen molar-refractivity contribution in [2.45, 2.75) is 4.90 Å². The van der Waals surface area contributed by atoms with Gasteiger partial charge in [0, 0.05) is 6.20 Å². The molecule has 21 heavy (non-hydrogen) atoms. The molecule has 0 bridgehead atoms. The predicted octanol–water partition coefficient (Wildman–Crippen LogP) is 2.07. The summed E-state index contributed by atoms with van der Waals surface area (Å²) >= 11 is 0. The number of nitro groups is 1. The second-order valence-corrected chi connectivity index (χ2v) is 5.46. The highest BCUT2D eigenvalue weighted by atomic mass is 32.2. The van der Waals surface area contributed by atoms with E-state index in [2.05, 4.69) is 4.98 Å². The third-order valence-electron chi connectivity index (χ3n) is 2.44. The number of nitro benzene ring substituents is 1. The van der Waals surface area contributed by atoms with E-state index in [4.69, 9.17) is 0 Å². The van der Waals surface area contributed by atoms with Crippen LogP contribution in [-0.2, 0) is 10.0 Å². The topological polar surface area (TPSA) is 102 Å². The number of rotatable bonds is 4. The third kappa shape index (κ3) is 2.94. The molecule has 0 aliphatic heterocycles. The number of sulfonamides is 1. The minimum Gasteiger partial charge on any atom is -0.276 e. The van der Waals surface area contributed by atoms with Crippen LogP contribution in [0, 0.1) is 21.7 Å². The molecule has 110 valence electrons. The fourth-order valence-electron chi connectivity index (χ4n) is 1.55. The number of pyridine rings is 1. The lowest BCUT2D eigenvalue weighted by Gasteiger charge is -2.09. The van der Waals surface area contributed by atoms with Crippen LogP contribution in [-0.4, -0.2) is 18.3 Å². The van der Waals surface area contributed by atoms with E-state index in [0.717, 1.165) is 36.7 Å². The summed E-state index contributed by atoms with van der Waals surface area (Å²) in [6, 6.07) is 3.63. The molecule has 0 spiro atoms. The van der Waals surface area contributed by atoms with Crippen LogP contribution in [0.15, 0.2) is 41.6 Å². The Morgan fingerprint density at radius 1 is 1.19 bits per heavy atom. The quantitative estimate of drug-likeness (QED) is 0.687. The maximum absolute atomic E-state index is 13.4. The molecule has 1 aromatic heterocycles. The Hall–Kier alpha value is -2.62. The zero-order valence-corrected chi connectivity index (χ0v) is 11.0. The van der Waals surface area contributed by atoms with Crippen LogP contribution in [0.4, 0.5) is 20.2 Å². The van der Waals surface area contributed by atoms with Crippen molar-refractivity contribution in [3.05, 3.63) is 58.4 Å². The fourth-order valence-corrected chi connectivity index (χ4v) is 2.80. The van der Waals surface area contributed by atoms with Gasteiger partial charge in [-0.05, 0) is 18.2 Å². The van der Waals surface area contributed by atoms with Crippen LogP contribution in [0.3, 0.4) is 0 Å². The van der Waals surface area contributed by atoms with E-state index in [1.165, 1.54) is 0 Å². The van der Waals surface area contributed by atoms with E-state index in [1.54, 1.807) is 0 Å². The van der Waals surface area contributed by atoms with Crippen molar-refractivity contribution in [3.63, 3.8) is 0 Å². The lowest BCUT2D eigenvalue weighted by atomic mass is 10.3. The zero-order valence-electron chi connectivity index (χ0n) is 10.2. The van der Waals surface area contributed by atoms with Crippen LogP contribution in [0.1, 0.15) is 0 Å². The van der Waals surface area contributed by atoms with Crippen molar-refractivity contribution in [1.82, 2.24) is 4.98 Å². The van der Waals surface area contributed by atoms with Gasteiger partial charge < -0.3 is 0 Å². The van der Waals surface area contributed by atoms with Gasteiger partial charge in [0.15, 0.2) is 10.7 Å². The van der Waals surface area contributed by atoms with Crippen LogP contribution < -0.4 is 4.72 Å². The van der Waals surface area contributed by atoms with Gasteiger partial charge in [0.1, 0.15) is 0 Å². The highest BCUT2D eigenvalue weighted by Crippen LogP contribution is 2.28. The highest BCUT2D eigenvalue weighted by Gasteiger charge is 2.29. The Morgan fingerprint density at radius 2 is 1.90 bits per heavy atom. The van der Waals surface area contributed by atoms with Gasteiger partial charge >= 0.3 is 5.69 Å². The van der Waals surface area contributed by atoms with E-state index in [0.29, 0.717) is 0 Å². The summed E-state index contributed by atoms with van der Waals surface area (Å²) in [7, 11) is -4.53. The predicted molar refractivity (Wildman–Crippen MR) is 68.1 cm³/mol.